The molecule has 1 heterocycles. The number of aromatic nitrogens is 2. The fraction of sp³-hybridized carbons (Fsp3) is 0.800. The van der Waals surface area contributed by atoms with E-state index in [1.807, 2.05) is 5.38 Å². The Morgan fingerprint density at radius 3 is 3.00 bits per heavy atom. The SMILES string of the molecule is COC1CC(NCc2csnn2)C1(C)C. The topological polar surface area (TPSA) is 47.0 Å². The first-order valence-electron chi connectivity index (χ1n) is 5.16. The quantitative estimate of drug-likeness (QED) is 0.845. The molecule has 2 atom stereocenters. The zero-order valence-electron chi connectivity index (χ0n) is 9.36. The van der Waals surface area contributed by atoms with Crippen molar-refractivity contribution in [3.63, 3.8) is 0 Å². The first-order chi connectivity index (χ1) is 7.14. The summed E-state index contributed by atoms with van der Waals surface area (Å²) in [5.41, 5.74) is 1.25. The molecule has 1 aliphatic carbocycles. The predicted molar refractivity (Wildman–Crippen MR) is 59.7 cm³/mol. The van der Waals surface area contributed by atoms with Crippen LogP contribution in [0.4, 0.5) is 0 Å². The zero-order chi connectivity index (χ0) is 10.9. The average Bonchev–Trinajstić information content (AvgIpc) is 2.69. The standard InChI is InChI=1S/C10H17N3OS/c1-10(2)8(4-9(10)14-3)11-5-7-6-15-13-12-7/h6,8-9,11H,4-5H2,1-3H3. The highest BCUT2D eigenvalue weighted by molar-refractivity contribution is 7.03. The van der Waals surface area contributed by atoms with Crippen molar-refractivity contribution >= 4 is 11.5 Å². The van der Waals surface area contributed by atoms with Gasteiger partial charge < -0.3 is 10.1 Å². The molecule has 1 aliphatic rings. The summed E-state index contributed by atoms with van der Waals surface area (Å²) in [6, 6.07) is 0.518. The summed E-state index contributed by atoms with van der Waals surface area (Å²) >= 11 is 1.40. The van der Waals surface area contributed by atoms with Gasteiger partial charge >= 0.3 is 0 Å². The van der Waals surface area contributed by atoms with Crippen molar-refractivity contribution in [1.29, 1.82) is 0 Å². The Balaban J connectivity index is 1.83. The normalized spacial score (nSPS) is 28.7. The van der Waals surface area contributed by atoms with Gasteiger partial charge in [-0.15, -0.1) is 5.10 Å². The van der Waals surface area contributed by atoms with Gasteiger partial charge in [-0.1, -0.05) is 18.3 Å². The summed E-state index contributed by atoms with van der Waals surface area (Å²) in [4.78, 5) is 0. The van der Waals surface area contributed by atoms with Crippen LogP contribution in [-0.2, 0) is 11.3 Å². The molecule has 0 saturated heterocycles. The van der Waals surface area contributed by atoms with Gasteiger partial charge in [-0.3, -0.25) is 0 Å². The Hall–Kier alpha value is -0.520. The average molecular weight is 227 g/mol. The Labute approximate surface area is 94.2 Å². The summed E-state index contributed by atoms with van der Waals surface area (Å²) in [5, 5.41) is 9.49. The van der Waals surface area contributed by atoms with Gasteiger partial charge in [0, 0.05) is 30.5 Å². The molecule has 0 aromatic carbocycles. The minimum atomic E-state index is 0.220. The van der Waals surface area contributed by atoms with Crippen LogP contribution < -0.4 is 5.32 Å². The molecule has 4 nitrogen and oxygen atoms in total. The van der Waals surface area contributed by atoms with Crippen LogP contribution >= 0.6 is 11.5 Å². The molecule has 0 amide bonds. The van der Waals surface area contributed by atoms with Gasteiger partial charge in [0.1, 0.15) is 0 Å². The highest BCUT2D eigenvalue weighted by Gasteiger charge is 2.48. The Kier molecular flexibility index (Phi) is 3.04. The van der Waals surface area contributed by atoms with Gasteiger partial charge in [-0.2, -0.15) is 0 Å². The van der Waals surface area contributed by atoms with Crippen molar-refractivity contribution in [2.45, 2.75) is 39.0 Å². The van der Waals surface area contributed by atoms with Gasteiger partial charge in [-0.05, 0) is 18.0 Å². The lowest BCUT2D eigenvalue weighted by Gasteiger charge is -2.51. The highest BCUT2D eigenvalue weighted by Crippen LogP contribution is 2.42. The monoisotopic (exact) mass is 227 g/mol. The van der Waals surface area contributed by atoms with E-state index in [0.29, 0.717) is 12.1 Å². The van der Waals surface area contributed by atoms with E-state index < -0.39 is 0 Å². The van der Waals surface area contributed by atoms with Crippen LogP contribution in [0.25, 0.3) is 0 Å². The molecule has 1 N–H and O–H groups in total. The van der Waals surface area contributed by atoms with E-state index in [-0.39, 0.29) is 5.41 Å². The molecule has 2 unspecified atom stereocenters. The van der Waals surface area contributed by atoms with Crippen LogP contribution in [-0.4, -0.2) is 28.8 Å². The van der Waals surface area contributed by atoms with E-state index in [9.17, 15) is 0 Å². The molecule has 1 aromatic rings. The molecule has 0 spiro atoms. The van der Waals surface area contributed by atoms with Crippen molar-refractivity contribution < 1.29 is 4.74 Å². The minimum Gasteiger partial charge on any atom is -0.381 e. The van der Waals surface area contributed by atoms with Crippen molar-refractivity contribution in [1.82, 2.24) is 14.9 Å². The number of rotatable bonds is 4. The molecule has 2 rings (SSSR count). The number of nitrogens with one attached hydrogen (secondary N) is 1. The maximum absolute atomic E-state index is 5.40. The van der Waals surface area contributed by atoms with Crippen molar-refractivity contribution in [3.05, 3.63) is 11.1 Å². The second kappa shape index (κ2) is 4.15. The molecule has 1 saturated carbocycles. The fourth-order valence-electron chi connectivity index (χ4n) is 2.12. The summed E-state index contributed by atoms with van der Waals surface area (Å²) in [6.07, 6.45) is 1.46. The molecule has 0 aliphatic heterocycles. The van der Waals surface area contributed by atoms with E-state index >= 15 is 0 Å². The van der Waals surface area contributed by atoms with E-state index in [1.165, 1.54) is 11.5 Å². The van der Waals surface area contributed by atoms with Crippen LogP contribution in [0.5, 0.6) is 0 Å². The van der Waals surface area contributed by atoms with Gasteiger partial charge in [0.2, 0.25) is 0 Å². The third-order valence-corrected chi connectivity index (χ3v) is 3.95. The number of hydrogen-bond donors (Lipinski definition) is 1. The minimum absolute atomic E-state index is 0.220. The first kappa shape index (κ1) is 11.0. The lowest BCUT2D eigenvalue weighted by molar-refractivity contribution is -0.0979. The van der Waals surface area contributed by atoms with E-state index in [0.717, 1.165) is 18.7 Å². The highest BCUT2D eigenvalue weighted by atomic mass is 32.1. The van der Waals surface area contributed by atoms with E-state index in [2.05, 4.69) is 28.8 Å². The Bertz CT molecular complexity index is 312. The van der Waals surface area contributed by atoms with Crippen LogP contribution in [0.15, 0.2) is 5.38 Å². The summed E-state index contributed by atoms with van der Waals surface area (Å²) in [5.74, 6) is 0. The Morgan fingerprint density at radius 1 is 1.67 bits per heavy atom. The van der Waals surface area contributed by atoms with Crippen LogP contribution in [0, 0.1) is 5.41 Å². The van der Waals surface area contributed by atoms with Gasteiger partial charge in [-0.25, -0.2) is 0 Å². The number of hydrogen-bond acceptors (Lipinski definition) is 5. The van der Waals surface area contributed by atoms with Crippen molar-refractivity contribution in [2.75, 3.05) is 7.11 Å². The number of methoxy groups -OCH3 is 1. The maximum Gasteiger partial charge on any atom is 0.0893 e. The second-order valence-corrected chi connectivity index (χ2v) is 5.22. The zero-order valence-corrected chi connectivity index (χ0v) is 10.2. The third-order valence-electron chi connectivity index (χ3n) is 3.40. The predicted octanol–water partition coefficient (Wildman–Crippen LogP) is 1.44. The second-order valence-electron chi connectivity index (χ2n) is 4.61. The van der Waals surface area contributed by atoms with Crippen molar-refractivity contribution in [3.8, 4) is 0 Å². The lowest BCUT2D eigenvalue weighted by atomic mass is 9.64. The molecular weight excluding hydrogens is 210 g/mol. The maximum atomic E-state index is 5.40. The molecule has 0 bridgehead atoms. The molecule has 15 heavy (non-hydrogen) atoms. The summed E-state index contributed by atoms with van der Waals surface area (Å²) < 4.78 is 9.24. The number of nitrogens with zero attached hydrogens (tertiary/aromatic N) is 2. The Morgan fingerprint density at radius 2 is 2.47 bits per heavy atom. The summed E-state index contributed by atoms with van der Waals surface area (Å²) in [6.45, 7) is 5.28. The fourth-order valence-corrected chi connectivity index (χ4v) is 2.57. The molecular formula is C10H17N3OS. The number of ether oxygens (including phenoxy) is 1. The smallest absolute Gasteiger partial charge is 0.0893 e. The van der Waals surface area contributed by atoms with Crippen LogP contribution in [0.3, 0.4) is 0 Å². The summed E-state index contributed by atoms with van der Waals surface area (Å²) in [7, 11) is 1.78. The molecule has 84 valence electrons. The van der Waals surface area contributed by atoms with Crippen LogP contribution in [0.1, 0.15) is 26.0 Å². The van der Waals surface area contributed by atoms with Gasteiger partial charge in [0.05, 0.1) is 11.8 Å². The largest absolute Gasteiger partial charge is 0.381 e. The van der Waals surface area contributed by atoms with Gasteiger partial charge in [0.15, 0.2) is 0 Å². The molecule has 1 fully saturated rings. The molecule has 1 aromatic heterocycles. The third kappa shape index (κ3) is 2.04. The van der Waals surface area contributed by atoms with E-state index in [1.54, 1.807) is 7.11 Å². The van der Waals surface area contributed by atoms with Gasteiger partial charge in [0.25, 0.3) is 0 Å². The molecule has 5 heteroatoms. The molecule has 0 radical (unpaired) electrons. The first-order valence-corrected chi connectivity index (χ1v) is 6.00. The van der Waals surface area contributed by atoms with Crippen molar-refractivity contribution in [2.24, 2.45) is 5.41 Å². The lowest BCUT2D eigenvalue weighted by Crippen LogP contribution is -2.60. The van der Waals surface area contributed by atoms with E-state index in [4.69, 9.17) is 4.74 Å². The van der Waals surface area contributed by atoms with Crippen LogP contribution in [0.2, 0.25) is 0 Å².